The molecule has 0 bridgehead atoms. The molecule has 2 unspecified atom stereocenters. The van der Waals surface area contributed by atoms with Crippen molar-refractivity contribution in [3.63, 3.8) is 0 Å². The van der Waals surface area contributed by atoms with E-state index in [4.69, 9.17) is 9.47 Å². The van der Waals surface area contributed by atoms with Crippen molar-refractivity contribution in [1.29, 1.82) is 0 Å². The van der Waals surface area contributed by atoms with Gasteiger partial charge >= 0.3 is 0 Å². The number of methoxy groups -OCH3 is 1. The molecule has 0 radical (unpaired) electrons. The molecule has 0 fully saturated rings. The van der Waals surface area contributed by atoms with Gasteiger partial charge in [-0.15, -0.1) is 0 Å². The van der Waals surface area contributed by atoms with Crippen LogP contribution in [0.4, 0.5) is 0 Å². The van der Waals surface area contributed by atoms with Gasteiger partial charge in [0.05, 0.1) is 6.10 Å². The molecule has 0 aliphatic heterocycles. The Bertz CT molecular complexity index is 357. The third-order valence-corrected chi connectivity index (χ3v) is 3.24. The van der Waals surface area contributed by atoms with Crippen LogP contribution in [0, 0.1) is 0 Å². The molecule has 0 spiro atoms. The monoisotopic (exact) mass is 301 g/mol. The first-order chi connectivity index (χ1) is 8.08. The summed E-state index contributed by atoms with van der Waals surface area (Å²) in [5.41, 5.74) is 1.14. The van der Waals surface area contributed by atoms with Gasteiger partial charge < -0.3 is 14.8 Å². The summed E-state index contributed by atoms with van der Waals surface area (Å²) >= 11 is 3.48. The van der Waals surface area contributed by atoms with Crippen LogP contribution in [-0.4, -0.2) is 26.9 Å². The van der Waals surface area contributed by atoms with Gasteiger partial charge in [-0.2, -0.15) is 0 Å². The maximum absolute atomic E-state index is 5.78. The normalized spacial score (nSPS) is 14.4. The number of hydrogen-bond donors (Lipinski definition) is 1. The summed E-state index contributed by atoms with van der Waals surface area (Å²) < 4.78 is 12.0. The standard InChI is InChI=1S/C13H20BrNO2/c1-9(16-4)8-17-13-6-5-11(14)7-12(13)10(2)15-3/h5-7,9-10,15H,8H2,1-4H3. The minimum atomic E-state index is 0.0939. The summed E-state index contributed by atoms with van der Waals surface area (Å²) in [5.74, 6) is 0.902. The van der Waals surface area contributed by atoms with Crippen molar-refractivity contribution in [3.8, 4) is 5.75 Å². The van der Waals surface area contributed by atoms with E-state index in [0.29, 0.717) is 6.61 Å². The Morgan fingerprint density at radius 2 is 2.06 bits per heavy atom. The number of nitrogens with one attached hydrogen (secondary N) is 1. The second kappa shape index (κ2) is 6.99. The summed E-state index contributed by atoms with van der Waals surface area (Å²) in [6.07, 6.45) is 0.0939. The Morgan fingerprint density at radius 1 is 1.35 bits per heavy atom. The lowest BCUT2D eigenvalue weighted by Gasteiger charge is -2.18. The molecule has 4 heteroatoms. The van der Waals surface area contributed by atoms with Gasteiger partial charge in [-0.05, 0) is 39.1 Å². The molecule has 0 aliphatic carbocycles. The van der Waals surface area contributed by atoms with Crippen molar-refractivity contribution < 1.29 is 9.47 Å². The molecule has 1 N–H and O–H groups in total. The van der Waals surface area contributed by atoms with Gasteiger partial charge in [0.15, 0.2) is 0 Å². The highest BCUT2D eigenvalue weighted by Gasteiger charge is 2.11. The van der Waals surface area contributed by atoms with Gasteiger partial charge in [0, 0.05) is 23.2 Å². The SMILES string of the molecule is CNC(C)c1cc(Br)ccc1OCC(C)OC. The molecule has 0 amide bonds. The van der Waals surface area contributed by atoms with Crippen molar-refractivity contribution in [2.75, 3.05) is 20.8 Å². The van der Waals surface area contributed by atoms with Gasteiger partial charge in [0.25, 0.3) is 0 Å². The molecule has 17 heavy (non-hydrogen) atoms. The minimum absolute atomic E-state index is 0.0939. The maximum Gasteiger partial charge on any atom is 0.124 e. The van der Waals surface area contributed by atoms with E-state index in [1.54, 1.807) is 7.11 Å². The molecule has 1 aromatic carbocycles. The first-order valence-electron chi connectivity index (χ1n) is 5.70. The van der Waals surface area contributed by atoms with Crippen molar-refractivity contribution >= 4 is 15.9 Å². The van der Waals surface area contributed by atoms with E-state index < -0.39 is 0 Å². The van der Waals surface area contributed by atoms with Crippen LogP contribution in [0.3, 0.4) is 0 Å². The predicted molar refractivity (Wildman–Crippen MR) is 73.6 cm³/mol. The highest BCUT2D eigenvalue weighted by atomic mass is 79.9. The van der Waals surface area contributed by atoms with Crippen LogP contribution in [0.25, 0.3) is 0 Å². The van der Waals surface area contributed by atoms with Crippen molar-refractivity contribution in [3.05, 3.63) is 28.2 Å². The van der Waals surface area contributed by atoms with Crippen molar-refractivity contribution in [2.45, 2.75) is 26.0 Å². The molecule has 0 aromatic heterocycles. The quantitative estimate of drug-likeness (QED) is 0.875. The highest BCUT2D eigenvalue weighted by molar-refractivity contribution is 9.10. The topological polar surface area (TPSA) is 30.5 Å². The predicted octanol–water partition coefficient (Wildman–Crippen LogP) is 3.14. The number of hydrogen-bond acceptors (Lipinski definition) is 3. The van der Waals surface area contributed by atoms with E-state index in [1.165, 1.54) is 0 Å². The van der Waals surface area contributed by atoms with Gasteiger partial charge in [-0.3, -0.25) is 0 Å². The Kier molecular flexibility index (Phi) is 5.95. The number of halogens is 1. The molecule has 1 aromatic rings. The largest absolute Gasteiger partial charge is 0.491 e. The van der Waals surface area contributed by atoms with Crippen molar-refractivity contribution in [1.82, 2.24) is 5.32 Å². The zero-order valence-corrected chi connectivity index (χ0v) is 12.4. The fraction of sp³-hybridized carbons (Fsp3) is 0.538. The zero-order chi connectivity index (χ0) is 12.8. The summed E-state index contributed by atoms with van der Waals surface area (Å²) in [6.45, 7) is 4.65. The molecular weight excluding hydrogens is 282 g/mol. The number of rotatable bonds is 6. The smallest absolute Gasteiger partial charge is 0.124 e. The van der Waals surface area contributed by atoms with Crippen molar-refractivity contribution in [2.24, 2.45) is 0 Å². The van der Waals surface area contributed by atoms with Crippen LogP contribution in [-0.2, 0) is 4.74 Å². The summed E-state index contributed by atoms with van der Waals surface area (Å²) in [4.78, 5) is 0. The Hall–Kier alpha value is -0.580. The van der Waals surface area contributed by atoms with Gasteiger partial charge in [0.1, 0.15) is 12.4 Å². The molecule has 2 atom stereocenters. The van der Waals surface area contributed by atoms with E-state index in [-0.39, 0.29) is 12.1 Å². The van der Waals surface area contributed by atoms with Gasteiger partial charge in [-0.1, -0.05) is 15.9 Å². The summed E-state index contributed by atoms with van der Waals surface area (Å²) in [5, 5.41) is 3.22. The lowest BCUT2D eigenvalue weighted by atomic mass is 10.1. The van der Waals surface area contributed by atoms with E-state index in [1.807, 2.05) is 26.1 Å². The molecule has 0 saturated heterocycles. The van der Waals surface area contributed by atoms with Crippen LogP contribution in [0.1, 0.15) is 25.5 Å². The second-order valence-electron chi connectivity index (χ2n) is 4.05. The Balaban J connectivity index is 2.83. The fourth-order valence-electron chi connectivity index (χ4n) is 1.42. The van der Waals surface area contributed by atoms with Crippen LogP contribution < -0.4 is 10.1 Å². The maximum atomic E-state index is 5.78. The van der Waals surface area contributed by atoms with Crippen LogP contribution in [0.2, 0.25) is 0 Å². The van der Waals surface area contributed by atoms with E-state index in [9.17, 15) is 0 Å². The third-order valence-electron chi connectivity index (χ3n) is 2.75. The third kappa shape index (κ3) is 4.30. The zero-order valence-electron chi connectivity index (χ0n) is 10.8. The van der Waals surface area contributed by atoms with Gasteiger partial charge in [0.2, 0.25) is 0 Å². The molecular formula is C13H20BrNO2. The lowest BCUT2D eigenvalue weighted by Crippen LogP contribution is -2.18. The first-order valence-corrected chi connectivity index (χ1v) is 6.50. The average Bonchev–Trinajstić information content (AvgIpc) is 2.35. The number of benzene rings is 1. The molecule has 0 aliphatic rings. The highest BCUT2D eigenvalue weighted by Crippen LogP contribution is 2.28. The Morgan fingerprint density at radius 3 is 2.65 bits per heavy atom. The lowest BCUT2D eigenvalue weighted by molar-refractivity contribution is 0.0711. The minimum Gasteiger partial charge on any atom is -0.491 e. The van der Waals surface area contributed by atoms with Crippen LogP contribution in [0.15, 0.2) is 22.7 Å². The van der Waals surface area contributed by atoms with Crippen LogP contribution >= 0.6 is 15.9 Å². The molecule has 0 saturated carbocycles. The van der Waals surface area contributed by atoms with E-state index in [2.05, 4.69) is 34.2 Å². The fourth-order valence-corrected chi connectivity index (χ4v) is 1.80. The number of ether oxygens (including phenoxy) is 2. The molecule has 96 valence electrons. The van der Waals surface area contributed by atoms with E-state index >= 15 is 0 Å². The molecule has 3 nitrogen and oxygen atoms in total. The molecule has 1 rings (SSSR count). The average molecular weight is 302 g/mol. The summed E-state index contributed by atoms with van der Waals surface area (Å²) in [7, 11) is 3.62. The first kappa shape index (κ1) is 14.5. The van der Waals surface area contributed by atoms with E-state index in [0.717, 1.165) is 15.8 Å². The molecule has 0 heterocycles. The summed E-state index contributed by atoms with van der Waals surface area (Å²) in [6, 6.07) is 6.29. The second-order valence-corrected chi connectivity index (χ2v) is 4.97. The van der Waals surface area contributed by atoms with Crippen LogP contribution in [0.5, 0.6) is 5.75 Å². The Labute approximate surface area is 112 Å². The van der Waals surface area contributed by atoms with Gasteiger partial charge in [-0.25, -0.2) is 0 Å².